The third kappa shape index (κ3) is 3.81. The predicted molar refractivity (Wildman–Crippen MR) is 99.6 cm³/mol. The van der Waals surface area contributed by atoms with Crippen LogP contribution in [0.1, 0.15) is 11.5 Å². The largest absolute Gasteiger partial charge is 0.497 e. The molecule has 1 heterocycles. The van der Waals surface area contributed by atoms with Gasteiger partial charge in [-0.15, -0.1) is 0 Å². The van der Waals surface area contributed by atoms with E-state index in [1.165, 1.54) is 0 Å². The van der Waals surface area contributed by atoms with E-state index in [1.807, 2.05) is 30.3 Å². The van der Waals surface area contributed by atoms with Crippen molar-refractivity contribution in [2.75, 3.05) is 21.3 Å². The van der Waals surface area contributed by atoms with Crippen LogP contribution < -0.4 is 14.2 Å². The number of hydrogen-bond donors (Lipinski definition) is 0. The molecular weight excluding hydrogens is 356 g/mol. The molecule has 2 aromatic carbocycles. The minimum absolute atomic E-state index is 0.222. The molecule has 0 atom stereocenters. The summed E-state index contributed by atoms with van der Waals surface area (Å²) in [5.74, 6) is 2.56. The van der Waals surface area contributed by atoms with Crippen molar-refractivity contribution >= 4 is 22.7 Å². The first-order chi connectivity index (χ1) is 12.6. The number of halogens is 1. The van der Waals surface area contributed by atoms with E-state index in [9.17, 15) is 0 Å². The Balaban J connectivity index is 1.88. The molecule has 0 fully saturated rings. The molecular formula is C19H17ClN2O4. The third-order valence-electron chi connectivity index (χ3n) is 3.66. The van der Waals surface area contributed by atoms with Crippen molar-refractivity contribution in [3.63, 3.8) is 0 Å². The van der Waals surface area contributed by atoms with Gasteiger partial charge in [0, 0.05) is 5.56 Å². The summed E-state index contributed by atoms with van der Waals surface area (Å²) in [6.45, 7) is 0. The van der Waals surface area contributed by atoms with Crippen molar-refractivity contribution in [2.45, 2.75) is 0 Å². The van der Waals surface area contributed by atoms with E-state index in [4.69, 9.17) is 30.3 Å². The fourth-order valence-corrected chi connectivity index (χ4v) is 2.56. The molecule has 1 aromatic heterocycles. The normalized spacial score (nSPS) is 11.3. The second-order valence-corrected chi connectivity index (χ2v) is 5.67. The SMILES string of the molecule is COc1cccc(/C=C(\Cl)c2nc(-c3ccc(OC)c(OC)c3)no2)c1. The number of rotatable bonds is 6. The first-order valence-electron chi connectivity index (χ1n) is 7.72. The van der Waals surface area contributed by atoms with Gasteiger partial charge in [0.2, 0.25) is 5.82 Å². The number of ether oxygens (including phenoxy) is 3. The lowest BCUT2D eigenvalue weighted by atomic mass is 10.2. The van der Waals surface area contributed by atoms with Crippen LogP contribution in [0.2, 0.25) is 0 Å². The summed E-state index contributed by atoms with van der Waals surface area (Å²) in [6.07, 6.45) is 1.73. The van der Waals surface area contributed by atoms with Crippen LogP contribution in [0.25, 0.3) is 22.5 Å². The maximum absolute atomic E-state index is 6.32. The number of benzene rings is 2. The highest BCUT2D eigenvalue weighted by molar-refractivity contribution is 6.50. The van der Waals surface area contributed by atoms with Crippen LogP contribution >= 0.6 is 11.6 Å². The summed E-state index contributed by atoms with van der Waals surface area (Å²) < 4.78 is 21.0. The lowest BCUT2D eigenvalue weighted by Gasteiger charge is -2.07. The van der Waals surface area contributed by atoms with Gasteiger partial charge in [0.1, 0.15) is 10.8 Å². The van der Waals surface area contributed by atoms with Crippen LogP contribution in [-0.2, 0) is 0 Å². The first-order valence-corrected chi connectivity index (χ1v) is 8.10. The fourth-order valence-electron chi connectivity index (χ4n) is 2.35. The molecule has 0 radical (unpaired) electrons. The van der Waals surface area contributed by atoms with Crippen LogP contribution in [0.15, 0.2) is 47.0 Å². The van der Waals surface area contributed by atoms with Gasteiger partial charge in [-0.3, -0.25) is 0 Å². The van der Waals surface area contributed by atoms with E-state index >= 15 is 0 Å². The topological polar surface area (TPSA) is 66.6 Å². The average Bonchev–Trinajstić information content (AvgIpc) is 3.18. The van der Waals surface area contributed by atoms with E-state index in [0.29, 0.717) is 22.4 Å². The maximum atomic E-state index is 6.32. The Bertz CT molecular complexity index is 937. The smallest absolute Gasteiger partial charge is 0.269 e. The van der Waals surface area contributed by atoms with Crippen molar-refractivity contribution < 1.29 is 18.7 Å². The minimum Gasteiger partial charge on any atom is -0.497 e. The molecule has 0 aliphatic rings. The van der Waals surface area contributed by atoms with Gasteiger partial charge < -0.3 is 18.7 Å². The van der Waals surface area contributed by atoms with Gasteiger partial charge in [-0.2, -0.15) is 4.98 Å². The molecule has 0 aliphatic heterocycles. The minimum atomic E-state index is 0.222. The van der Waals surface area contributed by atoms with Gasteiger partial charge in [-0.25, -0.2) is 0 Å². The molecule has 0 unspecified atom stereocenters. The Morgan fingerprint density at radius 2 is 1.81 bits per heavy atom. The quantitative estimate of drug-likeness (QED) is 0.634. The summed E-state index contributed by atoms with van der Waals surface area (Å²) >= 11 is 6.32. The highest BCUT2D eigenvalue weighted by Crippen LogP contribution is 2.32. The van der Waals surface area contributed by atoms with E-state index in [0.717, 1.165) is 16.9 Å². The summed E-state index contributed by atoms with van der Waals surface area (Å²) in [7, 11) is 4.75. The van der Waals surface area contributed by atoms with E-state index in [1.54, 1.807) is 39.5 Å². The van der Waals surface area contributed by atoms with Crippen LogP contribution in [0, 0.1) is 0 Å². The maximum Gasteiger partial charge on any atom is 0.269 e. The van der Waals surface area contributed by atoms with Gasteiger partial charge >= 0.3 is 0 Å². The predicted octanol–water partition coefficient (Wildman–Crippen LogP) is 4.50. The van der Waals surface area contributed by atoms with Crippen LogP contribution in [0.5, 0.6) is 17.2 Å². The second-order valence-electron chi connectivity index (χ2n) is 5.26. The highest BCUT2D eigenvalue weighted by Gasteiger charge is 2.14. The zero-order valence-electron chi connectivity index (χ0n) is 14.5. The molecule has 3 rings (SSSR count). The monoisotopic (exact) mass is 372 g/mol. The zero-order valence-corrected chi connectivity index (χ0v) is 15.3. The number of nitrogens with zero attached hydrogens (tertiary/aromatic N) is 2. The van der Waals surface area contributed by atoms with Crippen LogP contribution in [0.4, 0.5) is 0 Å². The molecule has 0 spiro atoms. The van der Waals surface area contributed by atoms with Gasteiger partial charge in [-0.1, -0.05) is 28.9 Å². The van der Waals surface area contributed by atoms with Crippen molar-refractivity contribution in [1.82, 2.24) is 10.1 Å². The fraction of sp³-hybridized carbons (Fsp3) is 0.158. The van der Waals surface area contributed by atoms with E-state index in [2.05, 4.69) is 10.1 Å². The van der Waals surface area contributed by atoms with Gasteiger partial charge in [-0.05, 0) is 42.0 Å². The standard InChI is InChI=1S/C19H17ClN2O4/c1-23-14-6-4-5-12(9-14)10-15(20)19-21-18(22-26-19)13-7-8-16(24-2)17(11-13)25-3/h4-11H,1-3H3/b15-10-. The molecule has 7 heteroatoms. The highest BCUT2D eigenvalue weighted by atomic mass is 35.5. The van der Waals surface area contributed by atoms with E-state index < -0.39 is 0 Å². The first kappa shape index (κ1) is 17.8. The molecule has 0 aliphatic carbocycles. The second kappa shape index (κ2) is 7.93. The molecule has 6 nitrogen and oxygen atoms in total. The molecule has 0 saturated carbocycles. The lowest BCUT2D eigenvalue weighted by molar-refractivity contribution is 0.355. The van der Waals surface area contributed by atoms with Gasteiger partial charge in [0.05, 0.1) is 21.3 Å². The van der Waals surface area contributed by atoms with Crippen molar-refractivity contribution in [3.8, 4) is 28.6 Å². The Morgan fingerprint density at radius 1 is 1.00 bits per heavy atom. The van der Waals surface area contributed by atoms with Gasteiger partial charge in [0.15, 0.2) is 11.5 Å². The molecule has 0 amide bonds. The zero-order chi connectivity index (χ0) is 18.5. The molecule has 134 valence electrons. The Labute approximate surface area is 156 Å². The van der Waals surface area contributed by atoms with Gasteiger partial charge in [0.25, 0.3) is 5.89 Å². The Morgan fingerprint density at radius 3 is 2.54 bits per heavy atom. The lowest BCUT2D eigenvalue weighted by Crippen LogP contribution is -1.91. The Hall–Kier alpha value is -2.99. The average molecular weight is 373 g/mol. The van der Waals surface area contributed by atoms with Crippen molar-refractivity contribution in [1.29, 1.82) is 0 Å². The summed E-state index contributed by atoms with van der Waals surface area (Å²) in [5, 5.41) is 4.31. The summed E-state index contributed by atoms with van der Waals surface area (Å²) in [4.78, 5) is 4.34. The van der Waals surface area contributed by atoms with Crippen molar-refractivity contribution in [2.24, 2.45) is 0 Å². The van der Waals surface area contributed by atoms with Crippen LogP contribution in [0.3, 0.4) is 0 Å². The summed E-state index contributed by atoms with van der Waals surface area (Å²) in [6, 6.07) is 12.8. The molecule has 26 heavy (non-hydrogen) atoms. The Kier molecular flexibility index (Phi) is 5.43. The number of aromatic nitrogens is 2. The summed E-state index contributed by atoms with van der Waals surface area (Å²) in [5.41, 5.74) is 1.59. The molecule has 0 N–H and O–H groups in total. The van der Waals surface area contributed by atoms with E-state index in [-0.39, 0.29) is 5.89 Å². The number of hydrogen-bond acceptors (Lipinski definition) is 6. The van der Waals surface area contributed by atoms with Crippen LogP contribution in [-0.4, -0.2) is 31.5 Å². The molecule has 3 aromatic rings. The molecule has 0 saturated heterocycles. The molecule has 0 bridgehead atoms. The number of methoxy groups -OCH3 is 3. The van der Waals surface area contributed by atoms with Crippen molar-refractivity contribution in [3.05, 3.63) is 53.9 Å². The third-order valence-corrected chi connectivity index (χ3v) is 3.93.